The Morgan fingerprint density at radius 1 is 1.00 bits per heavy atom. The Morgan fingerprint density at radius 2 is 1.64 bits per heavy atom. The molecule has 2 rings (SSSR count). The van der Waals surface area contributed by atoms with Crippen molar-refractivity contribution in [2.45, 2.75) is 39.5 Å². The number of carbonyl (C=O) groups excluding carboxylic acids is 1. The van der Waals surface area contributed by atoms with Gasteiger partial charge in [-0.3, -0.25) is 4.79 Å². The van der Waals surface area contributed by atoms with E-state index in [0.717, 1.165) is 24.1 Å². The van der Waals surface area contributed by atoms with E-state index < -0.39 is 0 Å². The molecule has 2 aromatic carbocycles. The topological polar surface area (TPSA) is 44.8 Å². The summed E-state index contributed by atoms with van der Waals surface area (Å²) in [6.07, 6.45) is 4.81. The number of unbranched alkanes of at least 4 members (excludes halogenated alkanes) is 1. The molecule has 0 amide bonds. The summed E-state index contributed by atoms with van der Waals surface area (Å²) in [6.45, 7) is 5.18. The Kier molecular flexibility index (Phi) is 9.30. The molecule has 0 aromatic heterocycles. The van der Waals surface area contributed by atoms with Gasteiger partial charge in [0.05, 0.1) is 20.8 Å². The highest BCUT2D eigenvalue weighted by molar-refractivity contribution is 7.66. The van der Waals surface area contributed by atoms with E-state index in [0.29, 0.717) is 23.0 Å². The minimum atomic E-state index is -0.00622. The zero-order chi connectivity index (χ0) is 20.4. The van der Waals surface area contributed by atoms with Gasteiger partial charge in [0.25, 0.3) is 0 Å². The molecule has 0 radical (unpaired) electrons. The van der Waals surface area contributed by atoms with Gasteiger partial charge in [0.15, 0.2) is 5.52 Å². The molecule has 0 aliphatic rings. The third-order valence-electron chi connectivity index (χ3n) is 4.80. The lowest BCUT2D eigenvalue weighted by molar-refractivity contribution is 0.108. The average Bonchev–Trinajstić information content (AvgIpc) is 2.74. The van der Waals surface area contributed by atoms with Crippen LogP contribution in [0.2, 0.25) is 0 Å². The predicted molar refractivity (Wildman–Crippen MR) is 117 cm³/mol. The van der Waals surface area contributed by atoms with Crippen molar-refractivity contribution in [3.05, 3.63) is 48.0 Å². The fourth-order valence-corrected chi connectivity index (χ4v) is 3.98. The highest BCUT2D eigenvalue weighted by Gasteiger charge is 2.18. The maximum absolute atomic E-state index is 12.8. The van der Waals surface area contributed by atoms with Gasteiger partial charge in [-0.15, -0.1) is 0 Å². The Hall–Kier alpha value is -2.06. The number of carbonyl (C=O) groups is 1. The smallest absolute Gasteiger partial charge is 0.193 e. The fourth-order valence-electron chi connectivity index (χ4n) is 3.02. The largest absolute Gasteiger partial charge is 0.496 e. The van der Waals surface area contributed by atoms with E-state index in [9.17, 15) is 4.79 Å². The van der Waals surface area contributed by atoms with Gasteiger partial charge in [0.2, 0.25) is 0 Å². The first-order valence-corrected chi connectivity index (χ1v) is 10.9. The summed E-state index contributed by atoms with van der Waals surface area (Å²) in [6, 6.07) is 13.2. The van der Waals surface area contributed by atoms with E-state index in [1.165, 1.54) is 19.3 Å². The zero-order valence-corrected chi connectivity index (χ0v) is 18.3. The van der Waals surface area contributed by atoms with E-state index in [1.54, 1.807) is 26.4 Å². The van der Waals surface area contributed by atoms with Crippen LogP contribution in [0.25, 0.3) is 0 Å². The van der Waals surface area contributed by atoms with Crippen LogP contribution in [0.1, 0.15) is 49.9 Å². The predicted octanol–water partition coefficient (Wildman–Crippen LogP) is 5.44. The number of ether oxygens (including phenoxy) is 3. The van der Waals surface area contributed by atoms with Crippen LogP contribution in [0.3, 0.4) is 0 Å². The van der Waals surface area contributed by atoms with Crippen LogP contribution in [0, 0.1) is 5.92 Å². The lowest BCUT2D eigenvalue weighted by Gasteiger charge is -2.16. The Morgan fingerprint density at radius 3 is 2.18 bits per heavy atom. The number of hydrogen-bond acceptors (Lipinski definition) is 4. The molecule has 0 aliphatic heterocycles. The van der Waals surface area contributed by atoms with E-state index in [-0.39, 0.29) is 14.1 Å². The normalized spacial score (nSPS) is 12.1. The van der Waals surface area contributed by atoms with Gasteiger partial charge in [0, 0.05) is 0 Å². The Balaban J connectivity index is 2.00. The van der Waals surface area contributed by atoms with E-state index in [1.807, 2.05) is 30.3 Å². The van der Waals surface area contributed by atoms with Crippen molar-refractivity contribution < 1.29 is 19.0 Å². The number of benzene rings is 2. The highest BCUT2D eigenvalue weighted by atomic mass is 31.1. The third-order valence-corrected chi connectivity index (χ3v) is 5.90. The van der Waals surface area contributed by atoms with Crippen molar-refractivity contribution in [1.29, 1.82) is 0 Å². The number of methoxy groups -OCH3 is 2. The molecule has 5 heteroatoms. The summed E-state index contributed by atoms with van der Waals surface area (Å²) < 4.78 is 16.6. The first kappa shape index (κ1) is 22.2. The van der Waals surface area contributed by atoms with Crippen molar-refractivity contribution in [1.82, 2.24) is 0 Å². The van der Waals surface area contributed by atoms with Crippen molar-refractivity contribution in [3.63, 3.8) is 0 Å². The average molecular weight is 402 g/mol. The van der Waals surface area contributed by atoms with Crippen LogP contribution in [-0.4, -0.2) is 26.4 Å². The van der Waals surface area contributed by atoms with Crippen LogP contribution in [0.15, 0.2) is 42.5 Å². The first-order chi connectivity index (χ1) is 13.6. The van der Waals surface area contributed by atoms with Gasteiger partial charge < -0.3 is 14.2 Å². The van der Waals surface area contributed by atoms with Gasteiger partial charge in [-0.1, -0.05) is 51.3 Å². The molecule has 0 heterocycles. The molecule has 0 N–H and O–H groups in total. The monoisotopic (exact) mass is 402 g/mol. The summed E-state index contributed by atoms with van der Waals surface area (Å²) in [4.78, 5) is 12.8. The maximum atomic E-state index is 12.8. The van der Waals surface area contributed by atoms with Gasteiger partial charge in [-0.2, -0.15) is 0 Å². The second kappa shape index (κ2) is 11.7. The second-order valence-electron chi connectivity index (χ2n) is 6.74. The van der Waals surface area contributed by atoms with Gasteiger partial charge in [0.1, 0.15) is 22.8 Å². The summed E-state index contributed by atoms with van der Waals surface area (Å²) in [5.74, 6) is 2.52. The molecule has 0 fully saturated rings. The van der Waals surface area contributed by atoms with Gasteiger partial charge in [-0.25, -0.2) is 0 Å². The van der Waals surface area contributed by atoms with Crippen LogP contribution in [-0.2, 0) is 0 Å². The molecular weight excluding hydrogens is 371 g/mol. The molecule has 152 valence electrons. The molecule has 2 aromatic rings. The van der Waals surface area contributed by atoms with E-state index in [4.69, 9.17) is 14.2 Å². The Bertz CT molecular complexity index is 721. The van der Waals surface area contributed by atoms with Crippen LogP contribution < -0.4 is 19.5 Å². The number of hydrogen-bond donors (Lipinski definition) is 0. The molecule has 0 saturated heterocycles. The molecular formula is C23H31O4P. The van der Waals surface area contributed by atoms with Crippen LogP contribution >= 0.6 is 8.58 Å². The lowest BCUT2D eigenvalue weighted by atomic mass is 10.0. The molecule has 0 aliphatic carbocycles. The molecule has 4 nitrogen and oxygen atoms in total. The molecule has 0 bridgehead atoms. The Labute approximate surface area is 170 Å². The standard InChI is InChI=1S/C23H31O4P/c1-5-7-9-17(6-2)16-27-18-12-14-19(15-13-18)28-23(24)22-20(25-3)10-8-11-21(22)26-4/h8,10-15,17,28H,5-7,9,16H2,1-4H3. The number of rotatable bonds is 12. The second-order valence-corrected chi connectivity index (χ2v) is 8.03. The zero-order valence-electron chi connectivity index (χ0n) is 17.3. The van der Waals surface area contributed by atoms with Crippen molar-refractivity contribution in [2.24, 2.45) is 5.92 Å². The summed E-state index contributed by atoms with van der Waals surface area (Å²) >= 11 is 0. The molecule has 2 atom stereocenters. The maximum Gasteiger partial charge on any atom is 0.193 e. The molecule has 28 heavy (non-hydrogen) atoms. The first-order valence-electron chi connectivity index (χ1n) is 9.88. The van der Waals surface area contributed by atoms with Crippen molar-refractivity contribution in [3.8, 4) is 17.2 Å². The van der Waals surface area contributed by atoms with Crippen molar-refractivity contribution >= 4 is 19.4 Å². The van der Waals surface area contributed by atoms with E-state index >= 15 is 0 Å². The minimum absolute atomic E-state index is 0.00594. The lowest BCUT2D eigenvalue weighted by Crippen LogP contribution is -2.11. The SMILES string of the molecule is CCCCC(CC)COc1ccc(PC(=O)c2c(OC)cccc2OC)cc1. The summed E-state index contributed by atoms with van der Waals surface area (Å²) in [5.41, 5.74) is 0.487. The van der Waals surface area contributed by atoms with Crippen LogP contribution in [0.5, 0.6) is 17.2 Å². The summed E-state index contributed by atoms with van der Waals surface area (Å²) in [5, 5.41) is 0.961. The summed E-state index contributed by atoms with van der Waals surface area (Å²) in [7, 11) is 3.11. The molecule has 0 spiro atoms. The van der Waals surface area contributed by atoms with E-state index in [2.05, 4.69) is 13.8 Å². The minimum Gasteiger partial charge on any atom is -0.496 e. The van der Waals surface area contributed by atoms with Crippen molar-refractivity contribution in [2.75, 3.05) is 20.8 Å². The fraction of sp³-hybridized carbons (Fsp3) is 0.435. The highest BCUT2D eigenvalue weighted by Crippen LogP contribution is 2.34. The van der Waals surface area contributed by atoms with Crippen LogP contribution in [0.4, 0.5) is 0 Å². The van der Waals surface area contributed by atoms with Gasteiger partial charge >= 0.3 is 0 Å². The molecule has 0 saturated carbocycles. The quantitative estimate of drug-likeness (QED) is 0.443. The van der Waals surface area contributed by atoms with Gasteiger partial charge in [-0.05, 0) is 50.5 Å². The third kappa shape index (κ3) is 6.24. The molecule has 2 unspecified atom stereocenters.